The molecule has 0 aromatic heterocycles. The Labute approximate surface area is 199 Å². The van der Waals surface area contributed by atoms with Crippen LogP contribution in [-0.4, -0.2) is 17.3 Å². The van der Waals surface area contributed by atoms with Gasteiger partial charge in [0, 0.05) is 12.0 Å². The molecule has 0 spiro atoms. The molecule has 0 unspecified atom stereocenters. The number of benzene rings is 2. The van der Waals surface area contributed by atoms with E-state index in [1.807, 2.05) is 24.3 Å². The molecule has 0 amide bonds. The van der Waals surface area contributed by atoms with Crippen LogP contribution in [0.1, 0.15) is 74.1 Å². The van der Waals surface area contributed by atoms with Crippen LogP contribution < -0.4 is 0 Å². The number of rotatable bonds is 12. The molecule has 0 heterocycles. The first-order valence-electron chi connectivity index (χ1n) is 11.5. The van der Waals surface area contributed by atoms with Crippen LogP contribution in [-0.2, 0) is 33.7 Å². The number of hydrogen-bond donors (Lipinski definition) is 0. The minimum atomic E-state index is -4.43. The molecule has 0 aliphatic carbocycles. The zero-order valence-electron chi connectivity index (χ0n) is 19.4. The summed E-state index contributed by atoms with van der Waals surface area (Å²) in [6.45, 7) is 2.38. The van der Waals surface area contributed by atoms with Crippen LogP contribution in [0.25, 0.3) is 0 Å². The Balaban J connectivity index is 1.94. The number of carbonyl (C=O) groups is 2. The summed E-state index contributed by atoms with van der Waals surface area (Å²) in [5.41, 5.74) is 1.41. The van der Waals surface area contributed by atoms with Gasteiger partial charge in [-0.1, -0.05) is 75.1 Å². The topological polar surface area (TPSA) is 46.6 Å². The van der Waals surface area contributed by atoms with E-state index < -0.39 is 17.7 Å². The van der Waals surface area contributed by atoms with E-state index in [-0.39, 0.29) is 19.4 Å². The molecule has 0 fully saturated rings. The predicted molar refractivity (Wildman–Crippen MR) is 124 cm³/mol. The van der Waals surface area contributed by atoms with Gasteiger partial charge in [-0.15, -0.1) is 5.06 Å². The number of unbranched alkanes of at least 4 members (excludes halogenated alkanes) is 6. The fourth-order valence-corrected chi connectivity index (χ4v) is 3.33. The Morgan fingerprint density at radius 2 is 1.47 bits per heavy atom. The van der Waals surface area contributed by atoms with E-state index in [9.17, 15) is 22.8 Å². The van der Waals surface area contributed by atoms with Crippen LogP contribution in [0.2, 0.25) is 0 Å². The van der Waals surface area contributed by atoms with Crippen LogP contribution in [0.3, 0.4) is 0 Å². The number of aldehydes is 1. The molecule has 0 saturated heterocycles. The van der Waals surface area contributed by atoms with Gasteiger partial charge in [-0.2, -0.15) is 13.2 Å². The molecule has 4 nitrogen and oxygen atoms in total. The molecule has 0 saturated carbocycles. The number of halogens is 3. The summed E-state index contributed by atoms with van der Waals surface area (Å²) in [4.78, 5) is 27.2. The van der Waals surface area contributed by atoms with Gasteiger partial charge >= 0.3 is 12.1 Å². The van der Waals surface area contributed by atoms with Gasteiger partial charge in [0.15, 0.2) is 0 Å². The number of carbonyl (C=O) groups excluding carboxylic acids is 2. The van der Waals surface area contributed by atoms with Crippen molar-refractivity contribution >= 4 is 12.3 Å². The maximum Gasteiger partial charge on any atom is 0.416 e. The summed E-state index contributed by atoms with van der Waals surface area (Å²) >= 11 is 0. The highest BCUT2D eigenvalue weighted by molar-refractivity contribution is 6.20. The maximum atomic E-state index is 12.8. The Morgan fingerprint density at radius 1 is 0.912 bits per heavy atom. The van der Waals surface area contributed by atoms with Crippen molar-refractivity contribution in [2.45, 2.75) is 71.1 Å². The zero-order chi connectivity index (χ0) is 24.8. The van der Waals surface area contributed by atoms with Gasteiger partial charge in [-0.25, -0.2) is 4.79 Å². The van der Waals surface area contributed by atoms with Crippen LogP contribution in [0, 0.1) is 11.8 Å². The second-order valence-electron chi connectivity index (χ2n) is 8.04. The second-order valence-corrected chi connectivity index (χ2v) is 8.04. The van der Waals surface area contributed by atoms with Crippen LogP contribution in [0.4, 0.5) is 13.2 Å². The molecule has 182 valence electrons. The zero-order valence-corrected chi connectivity index (χ0v) is 19.4. The summed E-state index contributed by atoms with van der Waals surface area (Å²) in [5.74, 6) is 5.24. The lowest BCUT2D eigenvalue weighted by molar-refractivity contribution is -0.195. The first-order valence-corrected chi connectivity index (χ1v) is 11.5. The molecule has 2 aromatic rings. The fraction of sp³-hybridized carbons (Fsp3) is 0.407. The van der Waals surface area contributed by atoms with Crippen molar-refractivity contribution in [3.8, 4) is 11.8 Å². The number of hydrogen-bond acceptors (Lipinski definition) is 4. The molecule has 34 heavy (non-hydrogen) atoms. The molecule has 0 aliphatic rings. The van der Waals surface area contributed by atoms with Gasteiger partial charge in [-0.3, -0.25) is 4.79 Å². The summed E-state index contributed by atoms with van der Waals surface area (Å²) in [7, 11) is 0. The minimum Gasteiger partial charge on any atom is -0.361 e. The molecular formula is C27H30F3NO3. The number of hydroxylamine groups is 2. The van der Waals surface area contributed by atoms with Crippen LogP contribution in [0.5, 0.6) is 0 Å². The average molecular weight is 474 g/mol. The van der Waals surface area contributed by atoms with E-state index in [4.69, 9.17) is 4.84 Å². The first kappa shape index (κ1) is 27.1. The lowest BCUT2D eigenvalue weighted by Gasteiger charge is -2.20. The molecule has 0 N–H and O–H groups in total. The van der Waals surface area contributed by atoms with Crippen molar-refractivity contribution in [3.63, 3.8) is 0 Å². The molecule has 2 rings (SSSR count). The molecule has 2 aromatic carbocycles. The van der Waals surface area contributed by atoms with Crippen molar-refractivity contribution in [2.24, 2.45) is 0 Å². The third-order valence-electron chi connectivity index (χ3n) is 5.16. The van der Waals surface area contributed by atoms with Crippen molar-refractivity contribution in [3.05, 3.63) is 70.8 Å². The van der Waals surface area contributed by atoms with E-state index in [1.165, 1.54) is 49.3 Å². The van der Waals surface area contributed by atoms with Crippen LogP contribution in [0.15, 0.2) is 48.5 Å². The van der Waals surface area contributed by atoms with Gasteiger partial charge in [0.05, 0.1) is 18.7 Å². The smallest absolute Gasteiger partial charge is 0.361 e. The van der Waals surface area contributed by atoms with Gasteiger partial charge in [-0.05, 0) is 41.8 Å². The molecule has 0 atom stereocenters. The number of nitrogens with zero attached hydrogens (tertiary/aromatic N) is 1. The monoisotopic (exact) mass is 473 g/mol. The minimum absolute atomic E-state index is 0.0253. The highest BCUT2D eigenvalue weighted by atomic mass is 19.4. The second kappa shape index (κ2) is 14.2. The molecule has 0 aliphatic heterocycles. The van der Waals surface area contributed by atoms with Crippen molar-refractivity contribution in [1.29, 1.82) is 0 Å². The van der Waals surface area contributed by atoms with E-state index in [0.29, 0.717) is 5.56 Å². The first-order chi connectivity index (χ1) is 16.3. The van der Waals surface area contributed by atoms with E-state index in [1.54, 1.807) is 0 Å². The maximum absolute atomic E-state index is 12.8. The molecule has 0 radical (unpaired) electrons. The highest BCUT2D eigenvalue weighted by Crippen LogP contribution is 2.29. The summed E-state index contributed by atoms with van der Waals surface area (Å²) in [6, 6.07) is 12.0. The van der Waals surface area contributed by atoms with Crippen LogP contribution >= 0.6 is 0 Å². The van der Waals surface area contributed by atoms with Gasteiger partial charge in [0.1, 0.15) is 0 Å². The quantitative estimate of drug-likeness (QED) is 0.117. The normalized spacial score (nSPS) is 11.1. The third kappa shape index (κ3) is 10.2. The predicted octanol–water partition coefficient (Wildman–Crippen LogP) is 6.47. The summed E-state index contributed by atoms with van der Waals surface area (Å²) in [6.07, 6.45) is 3.82. The molecule has 7 heteroatoms. The van der Waals surface area contributed by atoms with Crippen molar-refractivity contribution in [2.75, 3.05) is 0 Å². The summed E-state index contributed by atoms with van der Waals surface area (Å²) in [5, 5.41) is 1.23. The SMILES string of the molecule is CCCCCCCCC#Cc1ccc(CN(Cc2ccc(C(F)(F)F)cc2)OC(=O)C=O)cc1. The largest absolute Gasteiger partial charge is 0.416 e. The van der Waals surface area contributed by atoms with Gasteiger partial charge < -0.3 is 4.84 Å². The molecular weight excluding hydrogens is 443 g/mol. The lowest BCUT2D eigenvalue weighted by atomic mass is 10.1. The average Bonchev–Trinajstić information content (AvgIpc) is 2.81. The van der Waals surface area contributed by atoms with Crippen molar-refractivity contribution < 1.29 is 27.6 Å². The van der Waals surface area contributed by atoms with E-state index in [0.717, 1.165) is 36.1 Å². The Kier molecular flexibility index (Phi) is 11.3. The number of alkyl halides is 3. The Morgan fingerprint density at radius 3 is 2.03 bits per heavy atom. The summed E-state index contributed by atoms with van der Waals surface area (Å²) < 4.78 is 38.3. The highest BCUT2D eigenvalue weighted by Gasteiger charge is 2.30. The third-order valence-corrected chi connectivity index (χ3v) is 5.16. The van der Waals surface area contributed by atoms with Gasteiger partial charge in [0.25, 0.3) is 0 Å². The lowest BCUT2D eigenvalue weighted by Crippen LogP contribution is -2.27. The van der Waals surface area contributed by atoms with Gasteiger partial charge in [0.2, 0.25) is 6.29 Å². The Bertz CT molecular complexity index is 958. The van der Waals surface area contributed by atoms with E-state index >= 15 is 0 Å². The van der Waals surface area contributed by atoms with Crippen molar-refractivity contribution in [1.82, 2.24) is 5.06 Å². The standard InChI is InChI=1S/C27H30F3NO3/c1-2-3-4-5-6-7-8-9-10-22-11-13-23(14-12-22)19-31(34-26(33)21-32)20-24-15-17-25(18-16-24)27(28,29)30/h11-18,21H,2-8,19-20H2,1H3. The fourth-order valence-electron chi connectivity index (χ4n) is 3.33. The molecule has 0 bridgehead atoms. The van der Waals surface area contributed by atoms with E-state index in [2.05, 4.69) is 18.8 Å². The Hall–Kier alpha value is -3.11.